The zero-order chi connectivity index (χ0) is 14.2. The predicted molar refractivity (Wildman–Crippen MR) is 84.8 cm³/mol. The van der Waals surface area contributed by atoms with Crippen molar-refractivity contribution in [3.63, 3.8) is 0 Å². The molecule has 0 aliphatic heterocycles. The Bertz CT molecular complexity index is 652. The number of nitrogens with zero attached hydrogens (tertiary/aromatic N) is 2. The van der Waals surface area contributed by atoms with Gasteiger partial charge in [-0.3, -0.25) is 0 Å². The van der Waals surface area contributed by atoms with Crippen molar-refractivity contribution in [3.8, 4) is 5.69 Å². The van der Waals surface area contributed by atoms with Crippen LogP contribution in [0.2, 0.25) is 0 Å². The van der Waals surface area contributed by atoms with Crippen LogP contribution in [0.25, 0.3) is 5.69 Å². The Morgan fingerprint density at radius 1 is 1.42 bits per heavy atom. The number of benzene rings is 1. The molecule has 19 heavy (non-hydrogen) atoms. The van der Waals surface area contributed by atoms with Crippen molar-refractivity contribution in [2.24, 2.45) is 0 Å². The second-order valence-corrected chi connectivity index (χ2v) is 6.08. The van der Waals surface area contributed by atoms with Crippen molar-refractivity contribution < 1.29 is 9.53 Å². The summed E-state index contributed by atoms with van der Waals surface area (Å²) in [4.78, 5) is 11.7. The normalized spacial score (nSPS) is 10.6. The fourth-order valence-corrected chi connectivity index (χ4v) is 2.83. The number of hydrogen-bond donors (Lipinski definition) is 0. The molecule has 0 bridgehead atoms. The van der Waals surface area contributed by atoms with Crippen LogP contribution in [0.5, 0.6) is 0 Å². The van der Waals surface area contributed by atoms with E-state index in [0.717, 1.165) is 25.0 Å². The molecule has 0 saturated carbocycles. The van der Waals surface area contributed by atoms with Gasteiger partial charge in [-0.05, 0) is 60.2 Å². The molecule has 100 valence electrons. The molecule has 4 nitrogen and oxygen atoms in total. The SMILES string of the molecule is COC(=O)c1nn(-c2ccc(Br)cc2C)c(C)c1I. The number of hydrogen-bond acceptors (Lipinski definition) is 3. The van der Waals surface area contributed by atoms with E-state index in [-0.39, 0.29) is 0 Å². The van der Waals surface area contributed by atoms with Gasteiger partial charge in [-0.15, -0.1) is 0 Å². The second-order valence-electron chi connectivity index (χ2n) is 4.08. The predicted octanol–water partition coefficient (Wildman–Crippen LogP) is 3.64. The monoisotopic (exact) mass is 434 g/mol. The molecule has 1 aromatic carbocycles. The maximum absolute atomic E-state index is 11.7. The van der Waals surface area contributed by atoms with Gasteiger partial charge in [-0.25, -0.2) is 9.48 Å². The average Bonchev–Trinajstić information content (AvgIpc) is 2.66. The number of carbonyl (C=O) groups is 1. The molecule has 2 aromatic rings. The Morgan fingerprint density at radius 3 is 2.68 bits per heavy atom. The molecule has 0 unspecified atom stereocenters. The van der Waals surface area contributed by atoms with Gasteiger partial charge < -0.3 is 4.74 Å². The van der Waals surface area contributed by atoms with Crippen molar-refractivity contribution in [1.29, 1.82) is 0 Å². The van der Waals surface area contributed by atoms with Crippen LogP contribution in [0.3, 0.4) is 0 Å². The zero-order valence-corrected chi connectivity index (χ0v) is 14.4. The van der Waals surface area contributed by atoms with Crippen LogP contribution in [0.4, 0.5) is 0 Å². The van der Waals surface area contributed by atoms with Gasteiger partial charge in [0.25, 0.3) is 0 Å². The Kier molecular flexibility index (Phi) is 4.29. The van der Waals surface area contributed by atoms with Crippen LogP contribution in [-0.4, -0.2) is 22.9 Å². The summed E-state index contributed by atoms with van der Waals surface area (Å²) < 4.78 is 8.34. The summed E-state index contributed by atoms with van der Waals surface area (Å²) in [6, 6.07) is 5.94. The lowest BCUT2D eigenvalue weighted by Crippen LogP contribution is -2.06. The molecule has 0 aliphatic carbocycles. The lowest BCUT2D eigenvalue weighted by molar-refractivity contribution is 0.0592. The topological polar surface area (TPSA) is 44.1 Å². The highest BCUT2D eigenvalue weighted by atomic mass is 127. The molecule has 1 aromatic heterocycles. The van der Waals surface area contributed by atoms with Crippen molar-refractivity contribution in [1.82, 2.24) is 9.78 Å². The standard InChI is InChI=1S/C13H12BrIN2O2/c1-7-6-9(14)4-5-10(7)17-8(2)11(15)12(16-17)13(18)19-3/h4-6H,1-3H3. The van der Waals surface area contributed by atoms with E-state index in [1.165, 1.54) is 7.11 Å². The Morgan fingerprint density at radius 2 is 2.11 bits per heavy atom. The molecule has 2 rings (SSSR count). The summed E-state index contributed by atoms with van der Waals surface area (Å²) >= 11 is 5.55. The van der Waals surface area contributed by atoms with Gasteiger partial charge >= 0.3 is 5.97 Å². The molecule has 0 atom stereocenters. The summed E-state index contributed by atoms with van der Waals surface area (Å²) in [5.74, 6) is -0.416. The van der Waals surface area contributed by atoms with Gasteiger partial charge in [0.05, 0.1) is 22.1 Å². The molecule has 1 heterocycles. The summed E-state index contributed by atoms with van der Waals surface area (Å²) in [7, 11) is 1.36. The molecule has 0 saturated heterocycles. The highest BCUT2D eigenvalue weighted by Crippen LogP contribution is 2.24. The lowest BCUT2D eigenvalue weighted by Gasteiger charge is -2.08. The van der Waals surface area contributed by atoms with E-state index in [1.54, 1.807) is 4.68 Å². The first-order chi connectivity index (χ1) is 8.95. The van der Waals surface area contributed by atoms with Crippen LogP contribution in [-0.2, 0) is 4.74 Å². The Labute approximate surface area is 133 Å². The first-order valence-electron chi connectivity index (χ1n) is 5.55. The van der Waals surface area contributed by atoms with Gasteiger partial charge in [0.2, 0.25) is 0 Å². The quantitative estimate of drug-likeness (QED) is 0.535. The van der Waals surface area contributed by atoms with Gasteiger partial charge in [0.1, 0.15) is 0 Å². The van der Waals surface area contributed by atoms with Crippen molar-refractivity contribution in [2.45, 2.75) is 13.8 Å². The molecule has 0 aliphatic rings. The van der Waals surface area contributed by atoms with Gasteiger partial charge in [-0.1, -0.05) is 15.9 Å². The first kappa shape index (κ1) is 14.5. The smallest absolute Gasteiger partial charge is 0.359 e. The molecule has 0 spiro atoms. The number of halogens is 2. The van der Waals surface area contributed by atoms with Gasteiger partial charge in [-0.2, -0.15) is 5.10 Å². The number of rotatable bonds is 2. The lowest BCUT2D eigenvalue weighted by atomic mass is 10.2. The summed E-state index contributed by atoms with van der Waals surface area (Å²) in [6.07, 6.45) is 0. The van der Waals surface area contributed by atoms with Crippen LogP contribution >= 0.6 is 38.5 Å². The van der Waals surface area contributed by atoms with Crippen molar-refractivity contribution in [2.75, 3.05) is 7.11 Å². The number of ether oxygens (including phenoxy) is 1. The minimum atomic E-state index is -0.416. The fourth-order valence-electron chi connectivity index (χ4n) is 1.80. The molecule has 0 amide bonds. The summed E-state index contributed by atoms with van der Waals surface area (Å²) in [6.45, 7) is 3.94. The molecule has 6 heteroatoms. The number of methoxy groups -OCH3 is 1. The minimum absolute atomic E-state index is 0.350. The third kappa shape index (κ3) is 2.69. The van der Waals surface area contributed by atoms with Gasteiger partial charge in [0.15, 0.2) is 5.69 Å². The number of esters is 1. The largest absolute Gasteiger partial charge is 0.464 e. The zero-order valence-electron chi connectivity index (χ0n) is 10.7. The van der Waals surface area contributed by atoms with Gasteiger partial charge in [0, 0.05) is 4.47 Å². The minimum Gasteiger partial charge on any atom is -0.464 e. The molecular formula is C13H12BrIN2O2. The van der Waals surface area contributed by atoms with E-state index in [0.29, 0.717) is 5.69 Å². The molecule has 0 fully saturated rings. The average molecular weight is 435 g/mol. The van der Waals surface area contributed by atoms with Crippen LogP contribution in [0.15, 0.2) is 22.7 Å². The van der Waals surface area contributed by atoms with E-state index in [1.807, 2.05) is 32.0 Å². The molecular weight excluding hydrogens is 423 g/mol. The van der Waals surface area contributed by atoms with E-state index >= 15 is 0 Å². The molecule has 0 radical (unpaired) electrons. The highest BCUT2D eigenvalue weighted by Gasteiger charge is 2.20. The second kappa shape index (κ2) is 5.62. The maximum Gasteiger partial charge on any atom is 0.359 e. The number of aryl methyl sites for hydroxylation is 1. The third-order valence-electron chi connectivity index (χ3n) is 2.81. The van der Waals surface area contributed by atoms with Crippen LogP contribution in [0, 0.1) is 17.4 Å². The van der Waals surface area contributed by atoms with E-state index in [4.69, 9.17) is 4.74 Å². The van der Waals surface area contributed by atoms with Crippen molar-refractivity contribution in [3.05, 3.63) is 43.2 Å². The summed E-state index contributed by atoms with van der Waals surface area (Å²) in [5.41, 5.74) is 3.30. The number of carbonyl (C=O) groups excluding carboxylic acids is 1. The third-order valence-corrected chi connectivity index (χ3v) is 4.59. The first-order valence-corrected chi connectivity index (χ1v) is 7.43. The van der Waals surface area contributed by atoms with Crippen molar-refractivity contribution >= 4 is 44.5 Å². The van der Waals surface area contributed by atoms with E-state index in [9.17, 15) is 4.79 Å². The Hall–Kier alpha value is -0.890. The van der Waals surface area contributed by atoms with E-state index in [2.05, 4.69) is 43.6 Å². The Balaban J connectivity index is 2.60. The van der Waals surface area contributed by atoms with Crippen LogP contribution < -0.4 is 0 Å². The fraction of sp³-hybridized carbons (Fsp3) is 0.231. The van der Waals surface area contributed by atoms with E-state index < -0.39 is 5.97 Å². The maximum atomic E-state index is 11.7. The number of aromatic nitrogens is 2. The summed E-state index contributed by atoms with van der Waals surface area (Å²) in [5, 5.41) is 4.36. The molecule has 0 N–H and O–H groups in total. The highest BCUT2D eigenvalue weighted by molar-refractivity contribution is 14.1. The van der Waals surface area contributed by atoms with Crippen LogP contribution in [0.1, 0.15) is 21.7 Å².